The van der Waals surface area contributed by atoms with E-state index in [0.717, 1.165) is 28.1 Å². The molecule has 0 bridgehead atoms. The van der Waals surface area contributed by atoms with Crippen molar-refractivity contribution in [2.75, 3.05) is 11.9 Å². The molecule has 3 aromatic rings. The lowest BCUT2D eigenvalue weighted by molar-refractivity contribution is 0.102. The minimum atomic E-state index is -0.251. The van der Waals surface area contributed by atoms with Crippen LogP contribution in [-0.2, 0) is 0 Å². The van der Waals surface area contributed by atoms with Gasteiger partial charge >= 0.3 is 0 Å². The van der Waals surface area contributed by atoms with Gasteiger partial charge in [-0.15, -0.1) is 0 Å². The van der Waals surface area contributed by atoms with Crippen LogP contribution in [0.25, 0.3) is 11.3 Å². The Morgan fingerprint density at radius 3 is 2.57 bits per heavy atom. The number of aryl methyl sites for hydroxylation is 2. The van der Waals surface area contributed by atoms with Crippen LogP contribution < -0.4 is 10.1 Å². The normalized spacial score (nSPS) is 10.4. The molecule has 1 heterocycles. The molecule has 142 valence electrons. The molecule has 4 heteroatoms. The number of hydrogen-bond acceptors (Lipinski definition) is 3. The molecule has 3 rings (SSSR count). The third-order valence-electron chi connectivity index (χ3n) is 4.60. The van der Waals surface area contributed by atoms with E-state index in [1.807, 2.05) is 69.3 Å². The van der Waals surface area contributed by atoms with Crippen LogP contribution in [0.2, 0.25) is 0 Å². The predicted octanol–water partition coefficient (Wildman–Crippen LogP) is 5.49. The van der Waals surface area contributed by atoms with E-state index < -0.39 is 0 Å². The van der Waals surface area contributed by atoms with Crippen LogP contribution in [0.3, 0.4) is 0 Å². The van der Waals surface area contributed by atoms with E-state index in [1.54, 1.807) is 12.1 Å². The number of nitrogens with zero attached hydrogens (tertiary/aromatic N) is 1. The van der Waals surface area contributed by atoms with Crippen LogP contribution in [0.15, 0.2) is 67.3 Å². The highest BCUT2D eigenvalue weighted by atomic mass is 16.5. The summed E-state index contributed by atoms with van der Waals surface area (Å²) in [4.78, 5) is 18.0. The van der Waals surface area contributed by atoms with Crippen molar-refractivity contribution < 1.29 is 9.53 Å². The van der Waals surface area contributed by atoms with Crippen molar-refractivity contribution in [3.05, 3.63) is 89.6 Å². The third kappa shape index (κ3) is 4.12. The molecule has 0 saturated heterocycles. The van der Waals surface area contributed by atoms with E-state index in [4.69, 9.17) is 4.74 Å². The number of amides is 1. The van der Waals surface area contributed by atoms with Gasteiger partial charge in [-0.2, -0.15) is 0 Å². The van der Waals surface area contributed by atoms with Gasteiger partial charge in [0.1, 0.15) is 17.9 Å². The van der Waals surface area contributed by atoms with Gasteiger partial charge < -0.3 is 10.1 Å². The number of carbonyl (C=O) groups is 1. The monoisotopic (exact) mass is 372 g/mol. The van der Waals surface area contributed by atoms with Crippen molar-refractivity contribution in [2.45, 2.75) is 20.8 Å². The minimum Gasteiger partial charge on any atom is -0.489 e. The fourth-order valence-electron chi connectivity index (χ4n) is 3.00. The summed E-state index contributed by atoms with van der Waals surface area (Å²) in [7, 11) is 0. The number of hydrogen-bond donors (Lipinski definition) is 1. The molecule has 0 unspecified atom stereocenters. The number of anilines is 1. The van der Waals surface area contributed by atoms with Gasteiger partial charge in [-0.05, 0) is 38.0 Å². The second-order valence-corrected chi connectivity index (χ2v) is 6.65. The topological polar surface area (TPSA) is 51.2 Å². The highest BCUT2D eigenvalue weighted by Gasteiger charge is 2.22. The van der Waals surface area contributed by atoms with Crippen molar-refractivity contribution in [3.63, 3.8) is 0 Å². The minimum absolute atomic E-state index is 0.251. The lowest BCUT2D eigenvalue weighted by atomic mass is 10.0. The molecule has 0 aliphatic rings. The van der Waals surface area contributed by atoms with Crippen molar-refractivity contribution >= 4 is 11.6 Å². The molecule has 0 saturated carbocycles. The third-order valence-corrected chi connectivity index (χ3v) is 4.60. The summed E-state index contributed by atoms with van der Waals surface area (Å²) < 4.78 is 5.82. The zero-order valence-corrected chi connectivity index (χ0v) is 16.5. The number of aromatic nitrogens is 1. The van der Waals surface area contributed by atoms with Crippen LogP contribution >= 0.6 is 0 Å². The maximum absolute atomic E-state index is 13.3. The highest BCUT2D eigenvalue weighted by molar-refractivity contribution is 6.10. The molecule has 1 N–H and O–H groups in total. The Bertz CT molecular complexity index is 1010. The zero-order chi connectivity index (χ0) is 20.1. The van der Waals surface area contributed by atoms with Gasteiger partial charge in [0.15, 0.2) is 0 Å². The standard InChI is InChI=1S/C24H24N2O2/c1-5-14-28-21-15-17(3)25-23(19-11-7-6-8-12-19)22(21)24(27)26-20-13-9-10-16(2)18(20)4/h5-13,15H,1,14H2,2-4H3,(H,26,27). The fraction of sp³-hybridized carbons (Fsp3) is 0.167. The molecule has 0 spiro atoms. The molecule has 0 fully saturated rings. The number of pyridine rings is 1. The van der Waals surface area contributed by atoms with Gasteiger partial charge in [0.05, 0.1) is 5.69 Å². The van der Waals surface area contributed by atoms with Crippen molar-refractivity contribution in [2.24, 2.45) is 0 Å². The highest BCUT2D eigenvalue weighted by Crippen LogP contribution is 2.31. The molecule has 1 aromatic heterocycles. The summed E-state index contributed by atoms with van der Waals surface area (Å²) in [5, 5.41) is 3.03. The predicted molar refractivity (Wildman–Crippen MR) is 114 cm³/mol. The first-order chi connectivity index (χ1) is 13.5. The van der Waals surface area contributed by atoms with Gasteiger partial charge in [0, 0.05) is 23.0 Å². The molecule has 0 radical (unpaired) electrons. The summed E-state index contributed by atoms with van der Waals surface area (Å²) in [5.74, 6) is 0.244. The Morgan fingerprint density at radius 1 is 1.11 bits per heavy atom. The summed E-state index contributed by atoms with van der Waals surface area (Å²) in [6.45, 7) is 9.91. The first-order valence-corrected chi connectivity index (χ1v) is 9.19. The van der Waals surface area contributed by atoms with E-state index in [-0.39, 0.29) is 5.91 Å². The van der Waals surface area contributed by atoms with Gasteiger partial charge in [-0.1, -0.05) is 55.1 Å². The Morgan fingerprint density at radius 2 is 1.86 bits per heavy atom. The maximum Gasteiger partial charge on any atom is 0.261 e. The van der Waals surface area contributed by atoms with E-state index >= 15 is 0 Å². The Balaban J connectivity index is 2.12. The number of benzene rings is 2. The number of ether oxygens (including phenoxy) is 1. The van der Waals surface area contributed by atoms with E-state index in [9.17, 15) is 4.79 Å². The smallest absolute Gasteiger partial charge is 0.261 e. The molecule has 1 amide bonds. The molecule has 4 nitrogen and oxygen atoms in total. The van der Waals surface area contributed by atoms with E-state index in [1.165, 1.54) is 0 Å². The van der Waals surface area contributed by atoms with E-state index in [0.29, 0.717) is 23.6 Å². The molecule has 0 atom stereocenters. The summed E-state index contributed by atoms with van der Waals surface area (Å²) >= 11 is 0. The SMILES string of the molecule is C=CCOc1cc(C)nc(-c2ccccc2)c1C(=O)Nc1cccc(C)c1C. The van der Waals surface area contributed by atoms with Crippen LogP contribution in [-0.4, -0.2) is 17.5 Å². The van der Waals surface area contributed by atoms with E-state index in [2.05, 4.69) is 16.9 Å². The quantitative estimate of drug-likeness (QED) is 0.582. The van der Waals surface area contributed by atoms with Crippen LogP contribution in [0.4, 0.5) is 5.69 Å². The molecule has 2 aromatic carbocycles. The lowest BCUT2D eigenvalue weighted by Crippen LogP contribution is -2.17. The largest absolute Gasteiger partial charge is 0.489 e. The number of nitrogens with one attached hydrogen (secondary N) is 1. The fourth-order valence-corrected chi connectivity index (χ4v) is 3.00. The van der Waals surface area contributed by atoms with Crippen LogP contribution in [0.5, 0.6) is 5.75 Å². The zero-order valence-electron chi connectivity index (χ0n) is 16.5. The average Bonchev–Trinajstić information content (AvgIpc) is 2.70. The number of rotatable bonds is 6. The lowest BCUT2D eigenvalue weighted by Gasteiger charge is -2.17. The summed E-state index contributed by atoms with van der Waals surface area (Å²) in [6, 6.07) is 17.3. The Kier molecular flexibility index (Phi) is 5.90. The summed E-state index contributed by atoms with van der Waals surface area (Å²) in [6.07, 6.45) is 1.66. The van der Waals surface area contributed by atoms with Gasteiger partial charge in [0.2, 0.25) is 0 Å². The van der Waals surface area contributed by atoms with Crippen molar-refractivity contribution in [3.8, 4) is 17.0 Å². The molecular weight excluding hydrogens is 348 g/mol. The molecular formula is C24H24N2O2. The molecule has 28 heavy (non-hydrogen) atoms. The van der Waals surface area contributed by atoms with Gasteiger partial charge in [-0.3, -0.25) is 9.78 Å². The van der Waals surface area contributed by atoms with Crippen LogP contribution in [0.1, 0.15) is 27.2 Å². The van der Waals surface area contributed by atoms with Crippen molar-refractivity contribution in [1.82, 2.24) is 4.98 Å². The number of carbonyl (C=O) groups excluding carboxylic acids is 1. The Hall–Kier alpha value is -3.40. The first kappa shape index (κ1) is 19.4. The average molecular weight is 372 g/mol. The van der Waals surface area contributed by atoms with Gasteiger partial charge in [0.25, 0.3) is 5.91 Å². The maximum atomic E-state index is 13.3. The van der Waals surface area contributed by atoms with Gasteiger partial charge in [-0.25, -0.2) is 0 Å². The Labute approximate surface area is 165 Å². The first-order valence-electron chi connectivity index (χ1n) is 9.19. The second-order valence-electron chi connectivity index (χ2n) is 6.65. The molecule has 0 aliphatic carbocycles. The van der Waals surface area contributed by atoms with Crippen molar-refractivity contribution in [1.29, 1.82) is 0 Å². The van der Waals surface area contributed by atoms with Crippen LogP contribution in [0, 0.1) is 20.8 Å². The second kappa shape index (κ2) is 8.53. The summed E-state index contributed by atoms with van der Waals surface area (Å²) in [5.41, 5.74) is 5.58. The molecule has 0 aliphatic heterocycles.